The van der Waals surface area contributed by atoms with Crippen LogP contribution in [-0.2, 0) is 0 Å². The van der Waals surface area contributed by atoms with Gasteiger partial charge in [-0.2, -0.15) is 0 Å². The van der Waals surface area contributed by atoms with Gasteiger partial charge in [0, 0.05) is 0 Å². The third-order valence-corrected chi connectivity index (χ3v) is 9.35. The fraction of sp³-hybridized carbons (Fsp3) is 0.833. The Morgan fingerprint density at radius 3 is 2.21 bits per heavy atom. The number of fused-ring (bicyclic) bond motifs is 6. The zero-order chi connectivity index (χ0) is 16.9. The number of allylic oxidation sites excluding steroid dienone is 2. The molecule has 0 heteroatoms. The molecule has 0 saturated heterocycles. The van der Waals surface area contributed by atoms with Gasteiger partial charge in [0.05, 0.1) is 0 Å². The molecule has 5 aliphatic rings. The monoisotopic (exact) mass is 326 g/mol. The van der Waals surface area contributed by atoms with E-state index in [1.54, 1.807) is 6.42 Å². The van der Waals surface area contributed by atoms with Crippen molar-refractivity contribution in [3.05, 3.63) is 25.3 Å². The molecule has 0 radical (unpaired) electrons. The van der Waals surface area contributed by atoms with Gasteiger partial charge in [-0.05, 0) is 91.3 Å². The lowest BCUT2D eigenvalue weighted by molar-refractivity contribution is 0.144. The van der Waals surface area contributed by atoms with Crippen LogP contribution in [0.3, 0.4) is 0 Å². The second kappa shape index (κ2) is 6.03. The van der Waals surface area contributed by atoms with E-state index in [0.29, 0.717) is 10.8 Å². The molecule has 5 aliphatic carbocycles. The van der Waals surface area contributed by atoms with Crippen molar-refractivity contribution in [3.63, 3.8) is 0 Å². The second-order valence-corrected chi connectivity index (χ2v) is 10.3. The highest BCUT2D eigenvalue weighted by atomic mass is 14.6. The van der Waals surface area contributed by atoms with Crippen molar-refractivity contribution in [3.8, 4) is 0 Å². The first kappa shape index (κ1) is 16.9. The molecule has 134 valence electrons. The number of hydrogen-bond acceptors (Lipinski definition) is 0. The molecule has 0 N–H and O–H groups in total. The van der Waals surface area contributed by atoms with Gasteiger partial charge in [0.15, 0.2) is 0 Å². The maximum absolute atomic E-state index is 4.05. The molecule has 8 unspecified atom stereocenters. The Hall–Kier alpha value is -0.520. The van der Waals surface area contributed by atoms with E-state index in [1.807, 2.05) is 0 Å². The summed E-state index contributed by atoms with van der Waals surface area (Å²) in [7, 11) is 0. The molecular weight excluding hydrogens is 288 g/mol. The highest BCUT2D eigenvalue weighted by Gasteiger charge is 2.57. The fourth-order valence-corrected chi connectivity index (χ4v) is 7.91. The first-order valence-corrected chi connectivity index (χ1v) is 10.8. The Morgan fingerprint density at radius 1 is 0.750 bits per heavy atom. The second-order valence-electron chi connectivity index (χ2n) is 10.3. The lowest BCUT2D eigenvalue weighted by Crippen LogP contribution is -2.31. The Morgan fingerprint density at radius 2 is 1.46 bits per heavy atom. The van der Waals surface area contributed by atoms with Crippen molar-refractivity contribution in [1.29, 1.82) is 0 Å². The van der Waals surface area contributed by atoms with Gasteiger partial charge in [0.25, 0.3) is 0 Å². The average Bonchev–Trinajstić information content (AvgIpc) is 3.34. The third-order valence-electron chi connectivity index (χ3n) is 9.35. The summed E-state index contributed by atoms with van der Waals surface area (Å²) in [4.78, 5) is 0. The summed E-state index contributed by atoms with van der Waals surface area (Å²) in [6, 6.07) is 0. The molecule has 5 saturated carbocycles. The molecule has 5 rings (SSSR count). The highest BCUT2D eigenvalue weighted by Crippen LogP contribution is 2.65. The minimum Gasteiger partial charge on any atom is -0.103 e. The van der Waals surface area contributed by atoms with Gasteiger partial charge in [0.2, 0.25) is 0 Å². The van der Waals surface area contributed by atoms with Gasteiger partial charge < -0.3 is 0 Å². The van der Waals surface area contributed by atoms with Crippen molar-refractivity contribution in [1.82, 2.24) is 0 Å². The largest absolute Gasteiger partial charge is 0.103 e. The van der Waals surface area contributed by atoms with Gasteiger partial charge >= 0.3 is 0 Å². The SMILES string of the molecule is C=CC1(C)CC2CC1C1CCCC21.C=CC1(C)CCC2CCCC21. The minimum atomic E-state index is 0.501. The van der Waals surface area contributed by atoms with Crippen LogP contribution in [0.4, 0.5) is 0 Å². The zero-order valence-corrected chi connectivity index (χ0v) is 16.1. The normalized spacial score (nSPS) is 54.1. The van der Waals surface area contributed by atoms with E-state index >= 15 is 0 Å². The van der Waals surface area contributed by atoms with Gasteiger partial charge in [0.1, 0.15) is 0 Å². The smallest absolute Gasteiger partial charge is 0.0115 e. The van der Waals surface area contributed by atoms with Crippen molar-refractivity contribution in [2.45, 2.75) is 78.1 Å². The third kappa shape index (κ3) is 2.46. The number of hydrogen-bond donors (Lipinski definition) is 0. The van der Waals surface area contributed by atoms with Crippen molar-refractivity contribution >= 4 is 0 Å². The van der Waals surface area contributed by atoms with Crippen molar-refractivity contribution < 1.29 is 0 Å². The van der Waals surface area contributed by atoms with E-state index < -0.39 is 0 Å². The number of rotatable bonds is 2. The van der Waals surface area contributed by atoms with E-state index in [-0.39, 0.29) is 0 Å². The van der Waals surface area contributed by atoms with E-state index in [1.165, 1.54) is 57.8 Å². The topological polar surface area (TPSA) is 0 Å². The Labute approximate surface area is 150 Å². The van der Waals surface area contributed by atoms with Crippen LogP contribution in [0.15, 0.2) is 25.3 Å². The van der Waals surface area contributed by atoms with Crippen LogP contribution in [0.25, 0.3) is 0 Å². The summed E-state index contributed by atoms with van der Waals surface area (Å²) in [6.45, 7) is 12.9. The van der Waals surface area contributed by atoms with Crippen LogP contribution in [0.1, 0.15) is 78.1 Å². The van der Waals surface area contributed by atoms with Crippen LogP contribution >= 0.6 is 0 Å². The molecule has 0 aromatic carbocycles. The molecule has 5 fully saturated rings. The van der Waals surface area contributed by atoms with Crippen LogP contribution in [0.2, 0.25) is 0 Å². The van der Waals surface area contributed by atoms with Crippen molar-refractivity contribution in [2.24, 2.45) is 46.3 Å². The van der Waals surface area contributed by atoms with Gasteiger partial charge in [-0.3, -0.25) is 0 Å². The summed E-state index contributed by atoms with van der Waals surface area (Å²) in [5, 5.41) is 0. The van der Waals surface area contributed by atoms with E-state index in [9.17, 15) is 0 Å². The summed E-state index contributed by atoms with van der Waals surface area (Å²) in [6.07, 6.45) is 19.3. The molecule has 8 atom stereocenters. The molecule has 0 nitrogen and oxygen atoms in total. The Kier molecular flexibility index (Phi) is 4.25. The predicted octanol–water partition coefficient (Wildman–Crippen LogP) is 7.02. The van der Waals surface area contributed by atoms with E-state index in [2.05, 4.69) is 39.2 Å². The first-order chi connectivity index (χ1) is 11.5. The predicted molar refractivity (Wildman–Crippen MR) is 104 cm³/mol. The molecule has 2 bridgehead atoms. The molecule has 0 aromatic heterocycles. The molecule has 0 aromatic rings. The molecule has 0 amide bonds. The van der Waals surface area contributed by atoms with E-state index in [0.717, 1.165) is 35.5 Å². The van der Waals surface area contributed by atoms with Gasteiger partial charge in [-0.25, -0.2) is 0 Å². The lowest BCUT2D eigenvalue weighted by atomic mass is 9.67. The standard InChI is InChI=1S/C13H20.C11H18/c1-3-13(2)8-9-7-12(13)11-6-4-5-10(9)11;1-3-11(2)8-7-9-5-4-6-10(9)11/h3,9-12H,1,4-8H2,2H3;3,9-10H,1,4-8H2,2H3. The molecule has 0 aliphatic heterocycles. The summed E-state index contributed by atoms with van der Waals surface area (Å²) in [5.74, 6) is 6.32. The molecule has 0 heterocycles. The van der Waals surface area contributed by atoms with Gasteiger partial charge in [-0.1, -0.05) is 45.3 Å². The minimum absolute atomic E-state index is 0.501. The molecule has 0 spiro atoms. The average molecular weight is 327 g/mol. The van der Waals surface area contributed by atoms with Crippen molar-refractivity contribution in [2.75, 3.05) is 0 Å². The zero-order valence-electron chi connectivity index (χ0n) is 16.1. The molecule has 24 heavy (non-hydrogen) atoms. The quantitative estimate of drug-likeness (QED) is 0.478. The summed E-state index contributed by atoms with van der Waals surface area (Å²) in [5.41, 5.74) is 1.01. The first-order valence-electron chi connectivity index (χ1n) is 10.8. The lowest BCUT2D eigenvalue weighted by Gasteiger charge is -2.38. The fourth-order valence-electron chi connectivity index (χ4n) is 7.91. The Balaban J connectivity index is 0.000000123. The summed E-state index contributed by atoms with van der Waals surface area (Å²) >= 11 is 0. The molecular formula is C24H38. The Bertz CT molecular complexity index is 504. The maximum Gasteiger partial charge on any atom is -0.0115 e. The van der Waals surface area contributed by atoms with E-state index in [4.69, 9.17) is 0 Å². The van der Waals surface area contributed by atoms with Crippen LogP contribution < -0.4 is 0 Å². The van der Waals surface area contributed by atoms with Crippen LogP contribution in [-0.4, -0.2) is 0 Å². The maximum atomic E-state index is 4.05. The van der Waals surface area contributed by atoms with Gasteiger partial charge in [-0.15, -0.1) is 13.2 Å². The van der Waals surface area contributed by atoms with Crippen LogP contribution in [0, 0.1) is 46.3 Å². The summed E-state index contributed by atoms with van der Waals surface area (Å²) < 4.78 is 0. The highest BCUT2D eigenvalue weighted by molar-refractivity contribution is 5.13. The van der Waals surface area contributed by atoms with Crippen LogP contribution in [0.5, 0.6) is 0 Å².